The smallest absolute Gasteiger partial charge is 0.317 e. The van der Waals surface area contributed by atoms with Crippen molar-refractivity contribution in [1.82, 2.24) is 14.6 Å². The first kappa shape index (κ1) is 10.9. The Hall–Kier alpha value is -1.56. The highest BCUT2D eigenvalue weighted by atomic mass is 32.2. The lowest BCUT2D eigenvalue weighted by atomic mass is 10.3. The zero-order valence-electron chi connectivity index (χ0n) is 8.70. The molecular weight excluding hydrogens is 226 g/mol. The average molecular weight is 237 g/mol. The summed E-state index contributed by atoms with van der Waals surface area (Å²) in [6.07, 6.45) is 2.38. The molecule has 0 saturated heterocycles. The van der Waals surface area contributed by atoms with Gasteiger partial charge in [0.15, 0.2) is 10.8 Å². The molecule has 0 saturated carbocycles. The van der Waals surface area contributed by atoms with E-state index in [9.17, 15) is 4.79 Å². The highest BCUT2D eigenvalue weighted by Crippen LogP contribution is 2.24. The molecule has 0 aliphatic carbocycles. The molecule has 16 heavy (non-hydrogen) atoms. The molecule has 0 unspecified atom stereocenters. The molecule has 6 heteroatoms. The van der Waals surface area contributed by atoms with Crippen molar-refractivity contribution in [3.8, 4) is 0 Å². The largest absolute Gasteiger partial charge is 0.480 e. The Balaban J connectivity index is 2.30. The van der Waals surface area contributed by atoms with Gasteiger partial charge in [0.2, 0.25) is 0 Å². The number of pyridine rings is 1. The van der Waals surface area contributed by atoms with Crippen molar-refractivity contribution >= 4 is 23.4 Å². The van der Waals surface area contributed by atoms with Crippen molar-refractivity contribution in [2.45, 2.75) is 23.8 Å². The monoisotopic (exact) mass is 237 g/mol. The SMILES string of the molecule is CC[C@H](Sc1nnc2ccccn12)C(=O)O. The first-order valence-corrected chi connectivity index (χ1v) is 5.79. The van der Waals surface area contributed by atoms with Gasteiger partial charge in [0.1, 0.15) is 5.25 Å². The summed E-state index contributed by atoms with van der Waals surface area (Å²) in [5.41, 5.74) is 0.727. The van der Waals surface area contributed by atoms with Crippen molar-refractivity contribution in [3.05, 3.63) is 24.4 Å². The molecule has 84 valence electrons. The van der Waals surface area contributed by atoms with Gasteiger partial charge in [0.05, 0.1) is 0 Å². The lowest BCUT2D eigenvalue weighted by Gasteiger charge is -2.06. The van der Waals surface area contributed by atoms with Crippen LogP contribution in [0.2, 0.25) is 0 Å². The van der Waals surface area contributed by atoms with Crippen molar-refractivity contribution in [2.75, 3.05) is 0 Å². The van der Waals surface area contributed by atoms with Gasteiger partial charge in [-0.15, -0.1) is 10.2 Å². The maximum atomic E-state index is 10.9. The van der Waals surface area contributed by atoms with Gasteiger partial charge in [-0.25, -0.2) is 0 Å². The van der Waals surface area contributed by atoms with Crippen molar-refractivity contribution in [1.29, 1.82) is 0 Å². The first-order chi connectivity index (χ1) is 7.72. The van der Waals surface area contributed by atoms with Crippen LogP contribution in [0.4, 0.5) is 0 Å². The van der Waals surface area contributed by atoms with Crippen molar-refractivity contribution in [2.24, 2.45) is 0 Å². The molecule has 0 fully saturated rings. The van der Waals surface area contributed by atoms with Gasteiger partial charge in [-0.1, -0.05) is 24.8 Å². The molecule has 2 rings (SSSR count). The number of aromatic nitrogens is 3. The number of thioether (sulfide) groups is 1. The van der Waals surface area contributed by atoms with Crippen molar-refractivity contribution in [3.63, 3.8) is 0 Å². The Bertz CT molecular complexity index is 511. The molecule has 1 atom stereocenters. The third-order valence-corrected chi connectivity index (χ3v) is 3.48. The Morgan fingerprint density at radius 3 is 3.06 bits per heavy atom. The summed E-state index contributed by atoms with van der Waals surface area (Å²) < 4.78 is 1.79. The number of aliphatic carboxylic acids is 1. The second-order valence-electron chi connectivity index (χ2n) is 3.26. The van der Waals surface area contributed by atoms with Crippen LogP contribution >= 0.6 is 11.8 Å². The molecule has 2 heterocycles. The van der Waals surface area contributed by atoms with Crippen molar-refractivity contribution < 1.29 is 9.90 Å². The van der Waals surface area contributed by atoms with Gasteiger partial charge >= 0.3 is 5.97 Å². The Labute approximate surface area is 96.5 Å². The van der Waals surface area contributed by atoms with Crippen LogP contribution in [0.1, 0.15) is 13.3 Å². The minimum absolute atomic E-state index is 0.479. The second kappa shape index (κ2) is 4.52. The van der Waals surface area contributed by atoms with Gasteiger partial charge in [0, 0.05) is 6.20 Å². The molecule has 0 aliphatic heterocycles. The average Bonchev–Trinajstić information content (AvgIpc) is 2.69. The summed E-state index contributed by atoms with van der Waals surface area (Å²) in [4.78, 5) is 10.9. The zero-order valence-corrected chi connectivity index (χ0v) is 9.52. The van der Waals surface area contributed by atoms with E-state index >= 15 is 0 Å². The lowest BCUT2D eigenvalue weighted by Crippen LogP contribution is -2.15. The van der Waals surface area contributed by atoms with E-state index < -0.39 is 11.2 Å². The van der Waals surface area contributed by atoms with E-state index in [4.69, 9.17) is 5.11 Å². The van der Waals surface area contributed by atoms with Crippen LogP contribution in [-0.2, 0) is 4.79 Å². The number of rotatable bonds is 4. The second-order valence-corrected chi connectivity index (χ2v) is 4.43. The molecule has 0 bridgehead atoms. The predicted octanol–water partition coefficient (Wildman–Crippen LogP) is 1.68. The van der Waals surface area contributed by atoms with E-state index in [1.807, 2.05) is 31.3 Å². The van der Waals surface area contributed by atoms with E-state index in [1.54, 1.807) is 4.40 Å². The van der Waals surface area contributed by atoms with Crippen LogP contribution in [0.5, 0.6) is 0 Å². The highest BCUT2D eigenvalue weighted by Gasteiger charge is 2.19. The summed E-state index contributed by atoms with van der Waals surface area (Å²) in [6, 6.07) is 5.56. The number of nitrogens with zero attached hydrogens (tertiary/aromatic N) is 3. The van der Waals surface area contributed by atoms with Gasteiger partial charge < -0.3 is 5.11 Å². The molecular formula is C10H11N3O2S. The summed E-state index contributed by atoms with van der Waals surface area (Å²) in [5.74, 6) is -0.819. The van der Waals surface area contributed by atoms with Gasteiger partial charge in [-0.2, -0.15) is 0 Å². The van der Waals surface area contributed by atoms with E-state index in [1.165, 1.54) is 11.8 Å². The number of carboxylic acid groups (broad SMARTS) is 1. The van der Waals surface area contributed by atoms with Crippen LogP contribution in [0, 0.1) is 0 Å². The van der Waals surface area contributed by atoms with Gasteiger partial charge in [-0.05, 0) is 18.6 Å². The molecule has 0 aromatic carbocycles. The fourth-order valence-corrected chi connectivity index (χ4v) is 2.21. The van der Waals surface area contributed by atoms with E-state index in [0.717, 1.165) is 5.65 Å². The van der Waals surface area contributed by atoms with Gasteiger partial charge in [-0.3, -0.25) is 9.20 Å². The van der Waals surface area contributed by atoms with E-state index in [-0.39, 0.29) is 0 Å². The normalized spacial score (nSPS) is 12.8. The third-order valence-electron chi connectivity index (χ3n) is 2.18. The standard InChI is InChI=1S/C10H11N3O2S/c1-2-7(9(14)15)16-10-12-11-8-5-3-4-6-13(8)10/h3-7H,2H2,1H3,(H,14,15)/t7-/m0/s1. The van der Waals surface area contributed by atoms with E-state index in [0.29, 0.717) is 11.6 Å². The highest BCUT2D eigenvalue weighted by molar-refractivity contribution is 8.00. The Morgan fingerprint density at radius 1 is 1.56 bits per heavy atom. The number of carbonyl (C=O) groups is 1. The molecule has 1 N–H and O–H groups in total. The molecule has 0 spiro atoms. The molecule has 2 aromatic heterocycles. The first-order valence-electron chi connectivity index (χ1n) is 4.91. The molecule has 0 amide bonds. The number of fused-ring (bicyclic) bond motifs is 1. The van der Waals surface area contributed by atoms with Crippen LogP contribution in [-0.4, -0.2) is 30.9 Å². The number of hydrogen-bond donors (Lipinski definition) is 1. The Kier molecular flexibility index (Phi) is 3.09. The van der Waals surface area contributed by atoms with Crippen LogP contribution in [0.25, 0.3) is 5.65 Å². The van der Waals surface area contributed by atoms with Crippen LogP contribution in [0.3, 0.4) is 0 Å². The number of hydrogen-bond acceptors (Lipinski definition) is 4. The molecule has 0 aliphatic rings. The minimum Gasteiger partial charge on any atom is -0.480 e. The van der Waals surface area contributed by atoms with E-state index in [2.05, 4.69) is 10.2 Å². The minimum atomic E-state index is -0.819. The van der Waals surface area contributed by atoms with Crippen LogP contribution in [0.15, 0.2) is 29.6 Å². The quantitative estimate of drug-likeness (QED) is 0.819. The molecule has 5 nitrogen and oxygen atoms in total. The lowest BCUT2D eigenvalue weighted by molar-refractivity contribution is -0.136. The van der Waals surface area contributed by atoms with Gasteiger partial charge in [0.25, 0.3) is 0 Å². The zero-order chi connectivity index (χ0) is 11.5. The Morgan fingerprint density at radius 2 is 2.38 bits per heavy atom. The fraction of sp³-hybridized carbons (Fsp3) is 0.300. The number of carboxylic acids is 1. The maximum absolute atomic E-state index is 10.9. The summed E-state index contributed by atoms with van der Waals surface area (Å²) >= 11 is 1.22. The summed E-state index contributed by atoms with van der Waals surface area (Å²) in [6.45, 7) is 1.84. The predicted molar refractivity (Wildman–Crippen MR) is 60.6 cm³/mol. The summed E-state index contributed by atoms with van der Waals surface area (Å²) in [5, 5.41) is 17.0. The fourth-order valence-electron chi connectivity index (χ4n) is 1.34. The third kappa shape index (κ3) is 2.01. The topological polar surface area (TPSA) is 67.5 Å². The molecule has 2 aromatic rings. The van der Waals surface area contributed by atoms with Crippen LogP contribution < -0.4 is 0 Å². The maximum Gasteiger partial charge on any atom is 0.317 e. The summed E-state index contributed by atoms with van der Waals surface area (Å²) in [7, 11) is 0. The molecule has 0 radical (unpaired) electrons.